The van der Waals surface area contributed by atoms with Crippen molar-refractivity contribution in [3.05, 3.63) is 65.7 Å². The lowest BCUT2D eigenvalue weighted by atomic mass is 10.0. The molecule has 0 unspecified atom stereocenters. The number of hydrazone groups is 1. The molecule has 6 nitrogen and oxygen atoms in total. The SMILES string of the molecule is COc1ccc(C)cc1S(=O)(=O)N/N=C/c1c(OC)ccc2ccccc12. The van der Waals surface area contributed by atoms with Gasteiger partial charge in [0.1, 0.15) is 16.4 Å². The lowest BCUT2D eigenvalue weighted by Crippen LogP contribution is -2.19. The maximum atomic E-state index is 12.6. The number of rotatable bonds is 6. The molecule has 27 heavy (non-hydrogen) atoms. The fourth-order valence-electron chi connectivity index (χ4n) is 2.79. The first-order valence-electron chi connectivity index (χ1n) is 8.21. The first-order chi connectivity index (χ1) is 13.0. The van der Waals surface area contributed by atoms with E-state index in [1.165, 1.54) is 19.4 Å². The summed E-state index contributed by atoms with van der Waals surface area (Å²) in [7, 11) is -0.899. The number of methoxy groups -OCH3 is 2. The molecule has 0 spiro atoms. The van der Waals surface area contributed by atoms with Gasteiger partial charge in [-0.25, -0.2) is 0 Å². The van der Waals surface area contributed by atoms with E-state index in [0.717, 1.165) is 16.3 Å². The van der Waals surface area contributed by atoms with Crippen molar-refractivity contribution in [3.8, 4) is 11.5 Å². The van der Waals surface area contributed by atoms with Gasteiger partial charge in [-0.2, -0.15) is 18.4 Å². The van der Waals surface area contributed by atoms with Crippen LogP contribution in [0, 0.1) is 6.92 Å². The minimum Gasteiger partial charge on any atom is -0.496 e. The molecule has 0 aromatic heterocycles. The molecule has 0 aliphatic rings. The van der Waals surface area contributed by atoms with Gasteiger partial charge in [-0.1, -0.05) is 36.4 Å². The van der Waals surface area contributed by atoms with Gasteiger partial charge in [0.25, 0.3) is 10.0 Å². The van der Waals surface area contributed by atoms with Crippen molar-refractivity contribution < 1.29 is 17.9 Å². The molecule has 7 heteroatoms. The monoisotopic (exact) mass is 384 g/mol. The fourth-order valence-corrected chi connectivity index (χ4v) is 3.84. The predicted octanol–water partition coefficient (Wildman–Crippen LogP) is 3.48. The minimum absolute atomic E-state index is 0.0343. The molecule has 0 aliphatic heterocycles. The molecular formula is C20H20N2O4S. The summed E-state index contributed by atoms with van der Waals surface area (Å²) in [6.07, 6.45) is 1.45. The van der Waals surface area contributed by atoms with Gasteiger partial charge < -0.3 is 9.47 Å². The molecule has 0 amide bonds. The van der Waals surface area contributed by atoms with Gasteiger partial charge in [-0.15, -0.1) is 0 Å². The van der Waals surface area contributed by atoms with Crippen molar-refractivity contribution >= 4 is 27.0 Å². The third-order valence-electron chi connectivity index (χ3n) is 4.13. The number of aryl methyl sites for hydroxylation is 1. The van der Waals surface area contributed by atoms with Gasteiger partial charge in [-0.3, -0.25) is 0 Å². The average Bonchev–Trinajstić information content (AvgIpc) is 2.68. The lowest BCUT2D eigenvalue weighted by molar-refractivity contribution is 0.402. The Labute approximate surface area is 158 Å². The van der Waals surface area contributed by atoms with Crippen LogP contribution in [0.2, 0.25) is 0 Å². The predicted molar refractivity (Wildman–Crippen MR) is 106 cm³/mol. The quantitative estimate of drug-likeness (QED) is 0.521. The fraction of sp³-hybridized carbons (Fsp3) is 0.150. The van der Waals surface area contributed by atoms with Gasteiger partial charge >= 0.3 is 0 Å². The largest absolute Gasteiger partial charge is 0.496 e. The van der Waals surface area contributed by atoms with Crippen molar-refractivity contribution in [1.82, 2.24) is 4.83 Å². The standard InChI is InChI=1S/C20H20N2O4S/c1-14-8-10-19(26-3)20(12-14)27(23,24)22-21-13-17-16-7-5-4-6-15(16)9-11-18(17)25-2/h4-13,22H,1-3H3/b21-13+. The molecule has 3 rings (SSSR count). The summed E-state index contributed by atoms with van der Waals surface area (Å²) >= 11 is 0. The zero-order valence-corrected chi connectivity index (χ0v) is 16.1. The number of sulfonamides is 1. The van der Waals surface area contributed by atoms with Gasteiger partial charge in [0, 0.05) is 5.56 Å². The average molecular weight is 384 g/mol. The van der Waals surface area contributed by atoms with Crippen LogP contribution in [0.4, 0.5) is 0 Å². The molecule has 0 aliphatic carbocycles. The second-order valence-corrected chi connectivity index (χ2v) is 7.54. The van der Waals surface area contributed by atoms with Crippen LogP contribution in [-0.4, -0.2) is 28.9 Å². The van der Waals surface area contributed by atoms with Crippen LogP contribution in [0.15, 0.2) is 64.6 Å². The zero-order valence-electron chi connectivity index (χ0n) is 15.3. The summed E-state index contributed by atoms with van der Waals surface area (Å²) in [5.74, 6) is 0.857. The Morgan fingerprint density at radius 1 is 0.963 bits per heavy atom. The third kappa shape index (κ3) is 3.88. The lowest BCUT2D eigenvalue weighted by Gasteiger charge is -2.10. The van der Waals surface area contributed by atoms with E-state index in [-0.39, 0.29) is 10.6 Å². The van der Waals surface area contributed by atoms with Gasteiger partial charge in [0.15, 0.2) is 0 Å². The highest BCUT2D eigenvalue weighted by molar-refractivity contribution is 7.89. The molecule has 3 aromatic carbocycles. The number of nitrogens with one attached hydrogen (secondary N) is 1. The van der Waals surface area contributed by atoms with E-state index >= 15 is 0 Å². The first-order valence-corrected chi connectivity index (χ1v) is 9.70. The van der Waals surface area contributed by atoms with Crippen LogP contribution in [-0.2, 0) is 10.0 Å². The molecule has 0 heterocycles. The van der Waals surface area contributed by atoms with Gasteiger partial charge in [0.05, 0.1) is 20.4 Å². The molecule has 1 N–H and O–H groups in total. The Morgan fingerprint density at radius 2 is 1.67 bits per heavy atom. The number of benzene rings is 3. The van der Waals surface area contributed by atoms with E-state index in [0.29, 0.717) is 11.3 Å². The Morgan fingerprint density at radius 3 is 2.41 bits per heavy atom. The minimum atomic E-state index is -3.88. The molecule has 140 valence electrons. The Hall–Kier alpha value is -3.06. The summed E-state index contributed by atoms with van der Waals surface area (Å²) in [6, 6.07) is 16.4. The van der Waals surface area contributed by atoms with Gasteiger partial charge in [0.2, 0.25) is 0 Å². The number of fused-ring (bicyclic) bond motifs is 1. The molecule has 0 bridgehead atoms. The van der Waals surface area contributed by atoms with E-state index < -0.39 is 10.0 Å². The van der Waals surface area contributed by atoms with Crippen molar-refractivity contribution in [2.75, 3.05) is 14.2 Å². The van der Waals surface area contributed by atoms with E-state index in [1.807, 2.05) is 43.3 Å². The highest BCUT2D eigenvalue weighted by atomic mass is 32.2. The summed E-state index contributed by atoms with van der Waals surface area (Å²) in [4.78, 5) is 2.28. The molecule has 0 fully saturated rings. The molecule has 3 aromatic rings. The van der Waals surface area contributed by atoms with Crippen molar-refractivity contribution in [2.24, 2.45) is 5.10 Å². The summed E-state index contributed by atoms with van der Waals surface area (Å²) in [6.45, 7) is 1.81. The summed E-state index contributed by atoms with van der Waals surface area (Å²) in [5, 5.41) is 5.87. The maximum absolute atomic E-state index is 12.6. The number of nitrogens with zero attached hydrogens (tertiary/aromatic N) is 1. The van der Waals surface area contributed by atoms with Crippen LogP contribution in [0.1, 0.15) is 11.1 Å². The Balaban J connectivity index is 1.96. The topological polar surface area (TPSA) is 77.0 Å². The Bertz CT molecular complexity index is 1110. The van der Waals surface area contributed by atoms with Crippen molar-refractivity contribution in [1.29, 1.82) is 0 Å². The first kappa shape index (κ1) is 18.7. The van der Waals surface area contributed by atoms with E-state index in [9.17, 15) is 8.42 Å². The number of hydrogen-bond acceptors (Lipinski definition) is 5. The highest BCUT2D eigenvalue weighted by Crippen LogP contribution is 2.27. The van der Waals surface area contributed by atoms with E-state index in [2.05, 4.69) is 9.93 Å². The van der Waals surface area contributed by atoms with Crippen LogP contribution in [0.5, 0.6) is 11.5 Å². The number of hydrogen-bond donors (Lipinski definition) is 1. The highest BCUT2D eigenvalue weighted by Gasteiger charge is 2.19. The molecule has 0 saturated carbocycles. The maximum Gasteiger partial charge on any atom is 0.280 e. The second kappa shape index (κ2) is 7.67. The number of ether oxygens (including phenoxy) is 2. The third-order valence-corrected chi connectivity index (χ3v) is 5.37. The molecule has 0 radical (unpaired) electrons. The van der Waals surface area contributed by atoms with Crippen molar-refractivity contribution in [3.63, 3.8) is 0 Å². The van der Waals surface area contributed by atoms with Gasteiger partial charge in [-0.05, 0) is 41.5 Å². The van der Waals surface area contributed by atoms with E-state index in [4.69, 9.17) is 9.47 Å². The van der Waals surface area contributed by atoms with Crippen molar-refractivity contribution in [2.45, 2.75) is 11.8 Å². The smallest absolute Gasteiger partial charge is 0.280 e. The second-order valence-electron chi connectivity index (χ2n) is 5.91. The summed E-state index contributed by atoms with van der Waals surface area (Å²) < 4.78 is 35.8. The summed E-state index contributed by atoms with van der Waals surface area (Å²) in [5.41, 5.74) is 1.49. The molecular weight excluding hydrogens is 364 g/mol. The Kier molecular flexibility index (Phi) is 5.32. The van der Waals surface area contributed by atoms with Crippen LogP contribution < -0.4 is 14.3 Å². The van der Waals surface area contributed by atoms with E-state index in [1.54, 1.807) is 19.2 Å². The van der Waals surface area contributed by atoms with Crippen LogP contribution in [0.25, 0.3) is 10.8 Å². The normalized spacial score (nSPS) is 11.7. The van der Waals surface area contributed by atoms with Crippen LogP contribution >= 0.6 is 0 Å². The van der Waals surface area contributed by atoms with Crippen LogP contribution in [0.3, 0.4) is 0 Å². The molecule has 0 saturated heterocycles. The molecule has 0 atom stereocenters. The zero-order chi connectivity index (χ0) is 19.4.